The molecule has 1 unspecified atom stereocenters. The molecule has 0 aliphatic carbocycles. The van der Waals surface area contributed by atoms with E-state index in [-0.39, 0.29) is 17.4 Å². The van der Waals surface area contributed by atoms with E-state index in [0.717, 1.165) is 5.13 Å². The third-order valence-electron chi connectivity index (χ3n) is 2.53. The van der Waals surface area contributed by atoms with Gasteiger partial charge in [0, 0.05) is 6.04 Å². The Labute approximate surface area is 100 Å². The standard InChI is InChI=1S/C11H18N2O2S/c1-7(11(2,3)4)13-10-12-6-8(16-10)9(14)15-5/h6-7H,1-5H3,(H,12,13). The second-order valence-corrected chi connectivity index (χ2v) is 5.78. The van der Waals surface area contributed by atoms with Gasteiger partial charge in [-0.25, -0.2) is 9.78 Å². The van der Waals surface area contributed by atoms with Gasteiger partial charge in [-0.2, -0.15) is 0 Å². The van der Waals surface area contributed by atoms with Crippen LogP contribution < -0.4 is 5.32 Å². The Morgan fingerprint density at radius 2 is 2.19 bits per heavy atom. The Balaban J connectivity index is 2.69. The van der Waals surface area contributed by atoms with E-state index in [1.807, 2.05) is 0 Å². The fourth-order valence-corrected chi connectivity index (χ4v) is 1.76. The number of rotatable bonds is 3. The highest BCUT2D eigenvalue weighted by molar-refractivity contribution is 7.17. The highest BCUT2D eigenvalue weighted by Gasteiger charge is 2.21. The third kappa shape index (κ3) is 3.20. The second kappa shape index (κ2) is 4.82. The third-order valence-corrected chi connectivity index (χ3v) is 3.44. The summed E-state index contributed by atoms with van der Waals surface area (Å²) in [6.07, 6.45) is 1.54. The van der Waals surface area contributed by atoms with Crippen molar-refractivity contribution in [3.05, 3.63) is 11.1 Å². The largest absolute Gasteiger partial charge is 0.465 e. The Kier molecular flexibility index (Phi) is 3.91. The molecule has 1 heterocycles. The minimum Gasteiger partial charge on any atom is -0.465 e. The van der Waals surface area contributed by atoms with Gasteiger partial charge in [0.2, 0.25) is 0 Å². The van der Waals surface area contributed by atoms with Crippen LogP contribution >= 0.6 is 11.3 Å². The molecular formula is C11H18N2O2S. The van der Waals surface area contributed by atoms with Gasteiger partial charge in [0.25, 0.3) is 0 Å². The first-order valence-corrected chi connectivity index (χ1v) is 5.97. The van der Waals surface area contributed by atoms with E-state index >= 15 is 0 Å². The molecule has 16 heavy (non-hydrogen) atoms. The van der Waals surface area contributed by atoms with Crippen LogP contribution in [0.15, 0.2) is 6.20 Å². The molecule has 0 amide bonds. The Morgan fingerprint density at radius 3 is 2.69 bits per heavy atom. The molecule has 90 valence electrons. The number of methoxy groups -OCH3 is 1. The highest BCUT2D eigenvalue weighted by Crippen LogP contribution is 2.25. The molecule has 0 saturated heterocycles. The van der Waals surface area contributed by atoms with Crippen LogP contribution in [0.4, 0.5) is 5.13 Å². The molecule has 1 aromatic rings. The zero-order chi connectivity index (χ0) is 12.3. The van der Waals surface area contributed by atoms with Crippen LogP contribution in [0, 0.1) is 5.41 Å². The van der Waals surface area contributed by atoms with Crippen molar-refractivity contribution < 1.29 is 9.53 Å². The van der Waals surface area contributed by atoms with Crippen molar-refractivity contribution >= 4 is 22.4 Å². The van der Waals surface area contributed by atoms with E-state index < -0.39 is 0 Å². The van der Waals surface area contributed by atoms with E-state index in [9.17, 15) is 4.79 Å². The normalized spacial score (nSPS) is 13.3. The lowest BCUT2D eigenvalue weighted by Gasteiger charge is -2.27. The number of ether oxygens (including phenoxy) is 1. The minimum atomic E-state index is -0.339. The number of thiazole rings is 1. The monoisotopic (exact) mass is 242 g/mol. The van der Waals surface area contributed by atoms with Gasteiger partial charge >= 0.3 is 5.97 Å². The molecule has 0 bridgehead atoms. The van der Waals surface area contributed by atoms with E-state index in [0.29, 0.717) is 4.88 Å². The van der Waals surface area contributed by atoms with E-state index in [1.165, 1.54) is 24.6 Å². The van der Waals surface area contributed by atoms with E-state index in [2.05, 4.69) is 42.7 Å². The molecule has 0 saturated carbocycles. The summed E-state index contributed by atoms with van der Waals surface area (Å²) in [5.74, 6) is -0.339. The number of carbonyl (C=O) groups is 1. The van der Waals surface area contributed by atoms with Gasteiger partial charge in [-0.05, 0) is 12.3 Å². The molecule has 1 aromatic heterocycles. The summed E-state index contributed by atoms with van der Waals surface area (Å²) < 4.78 is 4.63. The smallest absolute Gasteiger partial charge is 0.349 e. The van der Waals surface area contributed by atoms with E-state index in [1.54, 1.807) is 0 Å². The topological polar surface area (TPSA) is 51.2 Å². The van der Waals surface area contributed by atoms with Crippen LogP contribution in [0.3, 0.4) is 0 Å². The predicted octanol–water partition coefficient (Wildman–Crippen LogP) is 2.78. The van der Waals surface area contributed by atoms with Crippen LogP contribution in [-0.2, 0) is 4.74 Å². The summed E-state index contributed by atoms with van der Waals surface area (Å²) in [7, 11) is 1.37. The van der Waals surface area contributed by atoms with Gasteiger partial charge in [0.1, 0.15) is 4.88 Å². The highest BCUT2D eigenvalue weighted by atomic mass is 32.1. The molecule has 5 heteroatoms. The Hall–Kier alpha value is -1.10. The molecule has 1 rings (SSSR count). The molecule has 0 aliphatic heterocycles. The SMILES string of the molecule is COC(=O)c1cnc(NC(C)C(C)(C)C)s1. The molecule has 0 spiro atoms. The molecule has 0 radical (unpaired) electrons. The molecule has 1 N–H and O–H groups in total. The lowest BCUT2D eigenvalue weighted by molar-refractivity contribution is 0.0606. The zero-order valence-electron chi connectivity index (χ0n) is 10.3. The first-order chi connectivity index (χ1) is 7.34. The molecule has 0 aliphatic rings. The zero-order valence-corrected chi connectivity index (χ0v) is 11.1. The number of hydrogen-bond acceptors (Lipinski definition) is 5. The van der Waals surface area contributed by atoms with Crippen molar-refractivity contribution in [3.63, 3.8) is 0 Å². The van der Waals surface area contributed by atoms with Crippen LogP contribution in [0.25, 0.3) is 0 Å². The fraction of sp³-hybridized carbons (Fsp3) is 0.636. The second-order valence-electron chi connectivity index (χ2n) is 4.75. The lowest BCUT2D eigenvalue weighted by Crippen LogP contribution is -2.30. The maximum Gasteiger partial charge on any atom is 0.349 e. The first-order valence-electron chi connectivity index (χ1n) is 5.15. The van der Waals surface area contributed by atoms with Gasteiger partial charge in [0.05, 0.1) is 13.3 Å². The average Bonchev–Trinajstić information content (AvgIpc) is 2.63. The van der Waals surface area contributed by atoms with Crippen molar-refractivity contribution in [3.8, 4) is 0 Å². The molecule has 4 nitrogen and oxygen atoms in total. The summed E-state index contributed by atoms with van der Waals surface area (Å²) >= 11 is 1.31. The van der Waals surface area contributed by atoms with Crippen molar-refractivity contribution in [2.45, 2.75) is 33.7 Å². The van der Waals surface area contributed by atoms with Crippen LogP contribution in [-0.4, -0.2) is 24.1 Å². The summed E-state index contributed by atoms with van der Waals surface area (Å²) in [5, 5.41) is 4.03. The molecule has 0 aromatic carbocycles. The summed E-state index contributed by atoms with van der Waals surface area (Å²) in [6.45, 7) is 8.55. The van der Waals surface area contributed by atoms with E-state index in [4.69, 9.17) is 0 Å². The number of nitrogens with one attached hydrogen (secondary N) is 1. The summed E-state index contributed by atoms with van der Waals surface area (Å²) in [5.41, 5.74) is 0.150. The number of hydrogen-bond donors (Lipinski definition) is 1. The number of nitrogens with zero attached hydrogens (tertiary/aromatic N) is 1. The first kappa shape index (κ1) is 13.0. The fourth-order valence-electron chi connectivity index (χ4n) is 0.938. The maximum absolute atomic E-state index is 11.2. The van der Waals surface area contributed by atoms with Crippen molar-refractivity contribution in [2.24, 2.45) is 5.41 Å². The average molecular weight is 242 g/mol. The number of carbonyl (C=O) groups excluding carboxylic acids is 1. The van der Waals surface area contributed by atoms with Crippen molar-refractivity contribution in [2.75, 3.05) is 12.4 Å². The van der Waals surface area contributed by atoms with Crippen molar-refractivity contribution in [1.29, 1.82) is 0 Å². The van der Waals surface area contributed by atoms with Gasteiger partial charge < -0.3 is 10.1 Å². The lowest BCUT2D eigenvalue weighted by atomic mass is 9.88. The Morgan fingerprint density at radius 1 is 1.56 bits per heavy atom. The van der Waals surface area contributed by atoms with Gasteiger partial charge in [-0.3, -0.25) is 0 Å². The van der Waals surface area contributed by atoms with Crippen LogP contribution in [0.2, 0.25) is 0 Å². The minimum absolute atomic E-state index is 0.150. The van der Waals surface area contributed by atoms with Crippen LogP contribution in [0.1, 0.15) is 37.4 Å². The van der Waals surface area contributed by atoms with Crippen molar-refractivity contribution in [1.82, 2.24) is 4.98 Å². The van der Waals surface area contributed by atoms with Crippen LogP contribution in [0.5, 0.6) is 0 Å². The number of esters is 1. The summed E-state index contributed by atoms with van der Waals surface area (Å²) in [4.78, 5) is 15.9. The number of anilines is 1. The quantitative estimate of drug-likeness (QED) is 0.828. The van der Waals surface area contributed by atoms with Gasteiger partial charge in [-0.1, -0.05) is 32.1 Å². The molecule has 1 atom stereocenters. The van der Waals surface area contributed by atoms with Gasteiger partial charge in [0.15, 0.2) is 5.13 Å². The predicted molar refractivity (Wildman–Crippen MR) is 66.0 cm³/mol. The Bertz CT molecular complexity index is 368. The molecular weight excluding hydrogens is 224 g/mol. The number of aromatic nitrogens is 1. The van der Waals surface area contributed by atoms with Gasteiger partial charge in [-0.15, -0.1) is 0 Å². The summed E-state index contributed by atoms with van der Waals surface area (Å²) in [6, 6.07) is 0.282. The molecule has 0 fully saturated rings. The maximum atomic E-state index is 11.2.